The molecule has 0 saturated carbocycles. The molecular formula is C16H12Cl2OS. The van der Waals surface area contributed by atoms with Crippen LogP contribution in [0.5, 0.6) is 0 Å². The maximum absolute atomic E-state index is 12.6. The van der Waals surface area contributed by atoms with Gasteiger partial charge in [-0.2, -0.15) is 0 Å². The second-order valence-corrected chi connectivity index (χ2v) is 7.39. The normalized spacial score (nSPS) is 22.6. The second kappa shape index (κ2) is 5.10. The maximum Gasteiger partial charge on any atom is 0.197 e. The third-order valence-corrected chi connectivity index (χ3v) is 6.10. The number of carbonyl (C=O) groups is 1. The fourth-order valence-electron chi connectivity index (χ4n) is 2.30. The van der Waals surface area contributed by atoms with Gasteiger partial charge in [0.1, 0.15) is 0 Å². The van der Waals surface area contributed by atoms with Crippen LogP contribution in [0.2, 0.25) is 0 Å². The highest BCUT2D eigenvalue weighted by atomic mass is 35.5. The number of hydrogen-bond donors (Lipinski definition) is 0. The highest BCUT2D eigenvalue weighted by Gasteiger charge is 2.50. The average molecular weight is 323 g/mol. The first-order valence-corrected chi connectivity index (χ1v) is 7.88. The van der Waals surface area contributed by atoms with E-state index in [0.29, 0.717) is 5.56 Å². The first-order chi connectivity index (χ1) is 9.52. The average Bonchev–Trinajstić information content (AvgIpc) is 2.72. The standard InChI is InChI=1S/C16H12Cl2OS/c1-10-7-8-13-12(9-10)15(19)16(18,20-13)14(17)11-5-3-2-4-6-11/h2-9,14H,1H3/t14-,16+/m1/s1. The van der Waals surface area contributed by atoms with E-state index < -0.39 is 9.58 Å². The van der Waals surface area contributed by atoms with Crippen molar-refractivity contribution in [1.29, 1.82) is 0 Å². The van der Waals surface area contributed by atoms with Crippen molar-refractivity contribution >= 4 is 40.7 Å². The molecule has 3 rings (SSSR count). The Labute approximate surface area is 132 Å². The predicted molar refractivity (Wildman–Crippen MR) is 85.0 cm³/mol. The second-order valence-electron chi connectivity index (χ2n) is 4.85. The number of ketones is 1. The van der Waals surface area contributed by atoms with Crippen LogP contribution in [0.4, 0.5) is 0 Å². The van der Waals surface area contributed by atoms with Crippen LogP contribution < -0.4 is 0 Å². The predicted octanol–water partition coefficient (Wildman–Crippen LogP) is 5.20. The van der Waals surface area contributed by atoms with Gasteiger partial charge < -0.3 is 0 Å². The maximum atomic E-state index is 12.6. The van der Waals surface area contributed by atoms with E-state index in [1.54, 1.807) is 0 Å². The summed E-state index contributed by atoms with van der Waals surface area (Å²) in [6.07, 6.45) is 0. The topological polar surface area (TPSA) is 17.1 Å². The van der Waals surface area contributed by atoms with Crippen LogP contribution in [0.1, 0.15) is 26.9 Å². The Morgan fingerprint density at radius 3 is 2.55 bits per heavy atom. The van der Waals surface area contributed by atoms with Gasteiger partial charge in [-0.25, -0.2) is 0 Å². The van der Waals surface area contributed by atoms with Crippen molar-refractivity contribution in [2.24, 2.45) is 0 Å². The summed E-state index contributed by atoms with van der Waals surface area (Å²) in [7, 11) is 0. The van der Waals surface area contributed by atoms with Crippen LogP contribution in [0.25, 0.3) is 0 Å². The molecule has 0 N–H and O–H groups in total. The fraction of sp³-hybridized carbons (Fsp3) is 0.188. The van der Waals surface area contributed by atoms with Crippen molar-refractivity contribution in [3.63, 3.8) is 0 Å². The zero-order valence-corrected chi connectivity index (χ0v) is 13.1. The van der Waals surface area contributed by atoms with Crippen molar-refractivity contribution in [2.45, 2.75) is 21.4 Å². The molecule has 1 nitrogen and oxygen atoms in total. The largest absolute Gasteiger partial charge is 0.291 e. The molecule has 20 heavy (non-hydrogen) atoms. The molecule has 0 saturated heterocycles. The number of carbonyl (C=O) groups excluding carboxylic acids is 1. The van der Waals surface area contributed by atoms with Crippen LogP contribution in [0, 0.1) is 6.92 Å². The minimum absolute atomic E-state index is 0.105. The van der Waals surface area contributed by atoms with Gasteiger partial charge in [0, 0.05) is 10.5 Å². The van der Waals surface area contributed by atoms with Gasteiger partial charge in [-0.1, -0.05) is 65.3 Å². The number of alkyl halides is 2. The lowest BCUT2D eigenvalue weighted by Gasteiger charge is -2.24. The van der Waals surface area contributed by atoms with E-state index in [-0.39, 0.29) is 5.78 Å². The van der Waals surface area contributed by atoms with Gasteiger partial charge >= 0.3 is 0 Å². The zero-order valence-electron chi connectivity index (χ0n) is 10.8. The quantitative estimate of drug-likeness (QED) is 0.707. The molecule has 102 valence electrons. The van der Waals surface area contributed by atoms with Crippen molar-refractivity contribution in [1.82, 2.24) is 0 Å². The monoisotopic (exact) mass is 322 g/mol. The Morgan fingerprint density at radius 1 is 1.15 bits per heavy atom. The Morgan fingerprint density at radius 2 is 1.85 bits per heavy atom. The van der Waals surface area contributed by atoms with E-state index in [1.165, 1.54) is 11.8 Å². The number of Topliss-reactive ketones (excluding diaryl/α,β-unsaturated/α-hetero) is 1. The number of fused-ring (bicyclic) bond motifs is 1. The smallest absolute Gasteiger partial charge is 0.197 e. The molecule has 0 spiro atoms. The van der Waals surface area contributed by atoms with Crippen LogP contribution in [-0.2, 0) is 0 Å². The lowest BCUT2D eigenvalue weighted by atomic mass is 10.0. The third kappa shape index (κ3) is 2.16. The zero-order chi connectivity index (χ0) is 14.3. The molecule has 0 bridgehead atoms. The van der Waals surface area contributed by atoms with Crippen molar-refractivity contribution in [3.05, 3.63) is 65.2 Å². The van der Waals surface area contributed by atoms with E-state index in [0.717, 1.165) is 16.0 Å². The molecule has 0 aromatic heterocycles. The highest BCUT2D eigenvalue weighted by molar-refractivity contribution is 8.03. The summed E-state index contributed by atoms with van der Waals surface area (Å²) in [5.74, 6) is -0.105. The number of aryl methyl sites for hydroxylation is 1. The van der Waals surface area contributed by atoms with E-state index in [2.05, 4.69) is 0 Å². The van der Waals surface area contributed by atoms with E-state index in [4.69, 9.17) is 23.2 Å². The Bertz CT molecular complexity index is 671. The molecule has 4 heteroatoms. The SMILES string of the molecule is Cc1ccc2c(c1)C(=O)[C@](Cl)([C@H](Cl)c1ccccc1)S2. The number of thioether (sulfide) groups is 1. The molecule has 0 aliphatic carbocycles. The summed E-state index contributed by atoms with van der Waals surface area (Å²) in [6, 6.07) is 15.3. The van der Waals surface area contributed by atoms with Crippen LogP contribution in [-0.4, -0.2) is 9.99 Å². The number of halogens is 2. The summed E-state index contributed by atoms with van der Waals surface area (Å²) in [5, 5.41) is -0.574. The van der Waals surface area contributed by atoms with Gasteiger partial charge in [0.05, 0.1) is 5.38 Å². The fourth-order valence-corrected chi connectivity index (χ4v) is 4.32. The van der Waals surface area contributed by atoms with Crippen LogP contribution in [0.3, 0.4) is 0 Å². The number of benzene rings is 2. The molecule has 0 fully saturated rings. The Balaban J connectivity index is 2.01. The van der Waals surface area contributed by atoms with Crippen LogP contribution >= 0.6 is 35.0 Å². The minimum atomic E-state index is -1.17. The molecule has 0 unspecified atom stereocenters. The summed E-state index contributed by atoms with van der Waals surface area (Å²) in [6.45, 7) is 1.96. The lowest BCUT2D eigenvalue weighted by molar-refractivity contribution is 0.0976. The Hall–Kier alpha value is -0.960. The first-order valence-electron chi connectivity index (χ1n) is 6.25. The van der Waals surface area contributed by atoms with E-state index >= 15 is 0 Å². The van der Waals surface area contributed by atoms with Crippen LogP contribution in [0.15, 0.2) is 53.4 Å². The van der Waals surface area contributed by atoms with Gasteiger partial charge in [-0.15, -0.1) is 11.6 Å². The molecule has 1 heterocycles. The summed E-state index contributed by atoms with van der Waals surface area (Å²) in [4.78, 5) is 13.5. The Kier molecular flexibility index (Phi) is 3.57. The minimum Gasteiger partial charge on any atom is -0.291 e. The molecule has 0 radical (unpaired) electrons. The molecule has 1 aliphatic rings. The lowest BCUT2D eigenvalue weighted by Crippen LogP contribution is -2.29. The molecule has 2 aromatic rings. The summed E-state index contributed by atoms with van der Waals surface area (Å²) < 4.78 is -1.17. The van der Waals surface area contributed by atoms with Crippen molar-refractivity contribution in [2.75, 3.05) is 0 Å². The van der Waals surface area contributed by atoms with Gasteiger partial charge in [-0.3, -0.25) is 4.79 Å². The molecule has 1 aliphatic heterocycles. The number of rotatable bonds is 2. The van der Waals surface area contributed by atoms with Gasteiger partial charge in [0.2, 0.25) is 0 Å². The van der Waals surface area contributed by atoms with Crippen molar-refractivity contribution in [3.8, 4) is 0 Å². The molecule has 0 amide bonds. The van der Waals surface area contributed by atoms with E-state index in [1.807, 2.05) is 55.5 Å². The molecular weight excluding hydrogens is 311 g/mol. The van der Waals surface area contributed by atoms with Gasteiger partial charge in [0.15, 0.2) is 9.99 Å². The molecule has 2 aromatic carbocycles. The van der Waals surface area contributed by atoms with E-state index in [9.17, 15) is 4.79 Å². The third-order valence-electron chi connectivity index (χ3n) is 3.37. The highest BCUT2D eigenvalue weighted by Crippen LogP contribution is 2.56. The summed E-state index contributed by atoms with van der Waals surface area (Å²) >= 11 is 14.5. The summed E-state index contributed by atoms with van der Waals surface area (Å²) in [5.41, 5.74) is 2.57. The first kappa shape index (κ1) is 14.0. The van der Waals surface area contributed by atoms with Crippen molar-refractivity contribution < 1.29 is 4.79 Å². The molecule has 2 atom stereocenters. The van der Waals surface area contributed by atoms with Gasteiger partial charge in [0.25, 0.3) is 0 Å². The van der Waals surface area contributed by atoms with Gasteiger partial charge in [-0.05, 0) is 24.6 Å². The number of hydrogen-bond acceptors (Lipinski definition) is 2.